The number of likely N-dealkylation sites (tertiary alicyclic amines) is 2. The van der Waals surface area contributed by atoms with Gasteiger partial charge in [0.25, 0.3) is 5.91 Å². The van der Waals surface area contributed by atoms with Crippen molar-refractivity contribution in [2.75, 3.05) is 44.6 Å². The summed E-state index contributed by atoms with van der Waals surface area (Å²) in [5.41, 5.74) is 1.03. The van der Waals surface area contributed by atoms with Gasteiger partial charge >= 0.3 is 0 Å². The van der Waals surface area contributed by atoms with Gasteiger partial charge in [0, 0.05) is 36.9 Å². The zero-order valence-electron chi connectivity index (χ0n) is 15.3. The molecule has 8 heteroatoms. The number of rotatable bonds is 6. The van der Waals surface area contributed by atoms with Crippen LogP contribution in [-0.2, 0) is 9.59 Å². The predicted octanol–water partition coefficient (Wildman–Crippen LogP) is 1.73. The standard InChI is InChI=1S/C19H25ClN4O3/c20-14-5-6-15(19(27)24-9-3-4-10-24)16(11-14)21-12-17(25)22-13-18(26)23-7-1-2-8-23/h5-6,11,21H,1-4,7-10,12-13H2,(H,22,25). The molecule has 2 N–H and O–H groups in total. The van der Waals surface area contributed by atoms with Gasteiger partial charge in [-0.2, -0.15) is 0 Å². The van der Waals surface area contributed by atoms with Crippen LogP contribution in [0.25, 0.3) is 0 Å². The number of hydrogen-bond acceptors (Lipinski definition) is 4. The van der Waals surface area contributed by atoms with Crippen molar-refractivity contribution in [3.8, 4) is 0 Å². The summed E-state index contributed by atoms with van der Waals surface area (Å²) < 4.78 is 0. The molecule has 2 fully saturated rings. The lowest BCUT2D eigenvalue weighted by Gasteiger charge is -2.19. The molecule has 2 aliphatic rings. The van der Waals surface area contributed by atoms with E-state index in [2.05, 4.69) is 10.6 Å². The van der Waals surface area contributed by atoms with Gasteiger partial charge in [-0.15, -0.1) is 0 Å². The van der Waals surface area contributed by atoms with Gasteiger partial charge in [-0.05, 0) is 43.9 Å². The normalized spacial score (nSPS) is 16.5. The third kappa shape index (κ3) is 5.13. The summed E-state index contributed by atoms with van der Waals surface area (Å²) in [7, 11) is 0. The molecule has 0 saturated carbocycles. The van der Waals surface area contributed by atoms with Crippen LogP contribution in [0.2, 0.25) is 5.02 Å². The smallest absolute Gasteiger partial charge is 0.255 e. The maximum absolute atomic E-state index is 12.7. The first kappa shape index (κ1) is 19.5. The molecule has 0 aliphatic carbocycles. The molecule has 0 radical (unpaired) electrons. The minimum atomic E-state index is -0.304. The van der Waals surface area contributed by atoms with Crippen molar-refractivity contribution in [1.29, 1.82) is 0 Å². The first-order chi connectivity index (χ1) is 13.0. The summed E-state index contributed by atoms with van der Waals surface area (Å²) in [6.45, 7) is 2.98. The molecule has 7 nitrogen and oxygen atoms in total. The number of nitrogens with zero attached hydrogens (tertiary/aromatic N) is 2. The largest absolute Gasteiger partial charge is 0.375 e. The highest BCUT2D eigenvalue weighted by Gasteiger charge is 2.22. The summed E-state index contributed by atoms with van der Waals surface area (Å²) in [4.78, 5) is 40.3. The van der Waals surface area contributed by atoms with Crippen LogP contribution in [0.3, 0.4) is 0 Å². The molecule has 0 bridgehead atoms. The molecule has 2 saturated heterocycles. The van der Waals surface area contributed by atoms with E-state index in [1.165, 1.54) is 0 Å². The van der Waals surface area contributed by atoms with E-state index in [0.717, 1.165) is 51.9 Å². The molecule has 3 amide bonds. The molecule has 0 unspecified atom stereocenters. The molecule has 2 heterocycles. The SMILES string of the molecule is O=C(CNc1cc(Cl)ccc1C(=O)N1CCCC1)NCC(=O)N1CCCC1. The number of carbonyl (C=O) groups excluding carboxylic acids is 3. The number of nitrogens with one attached hydrogen (secondary N) is 2. The molecule has 1 aromatic carbocycles. The first-order valence-corrected chi connectivity index (χ1v) is 9.79. The summed E-state index contributed by atoms with van der Waals surface area (Å²) >= 11 is 6.06. The fourth-order valence-corrected chi connectivity index (χ4v) is 3.60. The average Bonchev–Trinajstić information content (AvgIpc) is 3.37. The van der Waals surface area contributed by atoms with Crippen LogP contribution >= 0.6 is 11.6 Å². The van der Waals surface area contributed by atoms with E-state index in [4.69, 9.17) is 11.6 Å². The van der Waals surface area contributed by atoms with Crippen LogP contribution in [0.5, 0.6) is 0 Å². The van der Waals surface area contributed by atoms with Crippen molar-refractivity contribution >= 4 is 35.0 Å². The molecule has 1 aromatic rings. The Labute approximate surface area is 164 Å². The van der Waals surface area contributed by atoms with Gasteiger partial charge < -0.3 is 20.4 Å². The Hall–Kier alpha value is -2.28. The maximum atomic E-state index is 12.7. The zero-order valence-corrected chi connectivity index (χ0v) is 16.1. The Kier molecular flexibility index (Phi) is 6.55. The van der Waals surface area contributed by atoms with E-state index < -0.39 is 0 Å². The van der Waals surface area contributed by atoms with Crippen molar-refractivity contribution in [1.82, 2.24) is 15.1 Å². The second kappa shape index (κ2) is 9.08. The predicted molar refractivity (Wildman–Crippen MR) is 104 cm³/mol. The van der Waals surface area contributed by atoms with Crippen molar-refractivity contribution < 1.29 is 14.4 Å². The Morgan fingerprint density at radius 1 is 0.926 bits per heavy atom. The highest BCUT2D eigenvalue weighted by molar-refractivity contribution is 6.31. The lowest BCUT2D eigenvalue weighted by Crippen LogP contribution is -2.40. The molecular formula is C19H25ClN4O3. The fraction of sp³-hybridized carbons (Fsp3) is 0.526. The van der Waals surface area contributed by atoms with Gasteiger partial charge in [0.15, 0.2) is 0 Å². The van der Waals surface area contributed by atoms with E-state index in [9.17, 15) is 14.4 Å². The monoisotopic (exact) mass is 392 g/mol. The second-order valence-electron chi connectivity index (χ2n) is 6.91. The zero-order chi connectivity index (χ0) is 19.2. The number of benzene rings is 1. The van der Waals surface area contributed by atoms with E-state index in [1.54, 1.807) is 23.1 Å². The van der Waals surface area contributed by atoms with Crippen LogP contribution < -0.4 is 10.6 Å². The Balaban J connectivity index is 1.54. The number of anilines is 1. The van der Waals surface area contributed by atoms with Crippen LogP contribution in [0.4, 0.5) is 5.69 Å². The highest BCUT2D eigenvalue weighted by atomic mass is 35.5. The highest BCUT2D eigenvalue weighted by Crippen LogP contribution is 2.24. The molecule has 146 valence electrons. The van der Waals surface area contributed by atoms with Crippen molar-refractivity contribution in [2.24, 2.45) is 0 Å². The summed E-state index contributed by atoms with van der Waals surface area (Å²) in [6, 6.07) is 5.00. The van der Waals surface area contributed by atoms with E-state index in [1.807, 2.05) is 4.90 Å². The number of halogens is 1. The molecule has 0 atom stereocenters. The van der Waals surface area contributed by atoms with Crippen molar-refractivity contribution in [2.45, 2.75) is 25.7 Å². The van der Waals surface area contributed by atoms with E-state index in [-0.39, 0.29) is 30.8 Å². The van der Waals surface area contributed by atoms with Crippen LogP contribution in [-0.4, -0.2) is 66.8 Å². The Bertz CT molecular complexity index is 713. The molecule has 27 heavy (non-hydrogen) atoms. The number of amides is 3. The summed E-state index contributed by atoms with van der Waals surface area (Å²) in [6.07, 6.45) is 4.05. The van der Waals surface area contributed by atoms with Gasteiger partial charge in [-0.25, -0.2) is 0 Å². The molecular weight excluding hydrogens is 368 g/mol. The van der Waals surface area contributed by atoms with E-state index >= 15 is 0 Å². The van der Waals surface area contributed by atoms with Gasteiger partial charge in [0.1, 0.15) is 0 Å². The number of carbonyl (C=O) groups is 3. The maximum Gasteiger partial charge on any atom is 0.255 e. The average molecular weight is 393 g/mol. The third-order valence-electron chi connectivity index (χ3n) is 4.94. The van der Waals surface area contributed by atoms with Crippen molar-refractivity contribution in [3.05, 3.63) is 28.8 Å². The quantitative estimate of drug-likeness (QED) is 0.772. The first-order valence-electron chi connectivity index (χ1n) is 9.42. The van der Waals surface area contributed by atoms with Crippen LogP contribution in [0.1, 0.15) is 36.0 Å². The van der Waals surface area contributed by atoms with Gasteiger partial charge in [0.2, 0.25) is 11.8 Å². The van der Waals surface area contributed by atoms with Crippen LogP contribution in [0.15, 0.2) is 18.2 Å². The van der Waals surface area contributed by atoms with Gasteiger partial charge in [0.05, 0.1) is 18.7 Å². The van der Waals surface area contributed by atoms with Gasteiger partial charge in [-0.3, -0.25) is 14.4 Å². The Morgan fingerprint density at radius 3 is 2.22 bits per heavy atom. The number of hydrogen-bond donors (Lipinski definition) is 2. The lowest BCUT2D eigenvalue weighted by molar-refractivity contribution is -0.131. The molecule has 0 aromatic heterocycles. The second-order valence-corrected chi connectivity index (χ2v) is 7.34. The minimum absolute atomic E-state index is 0.00434. The van der Waals surface area contributed by atoms with Crippen LogP contribution in [0, 0.1) is 0 Å². The summed E-state index contributed by atoms with van der Waals surface area (Å²) in [5, 5.41) is 6.10. The fourth-order valence-electron chi connectivity index (χ4n) is 3.43. The minimum Gasteiger partial charge on any atom is -0.375 e. The molecule has 2 aliphatic heterocycles. The third-order valence-corrected chi connectivity index (χ3v) is 5.18. The Morgan fingerprint density at radius 2 is 1.56 bits per heavy atom. The lowest BCUT2D eigenvalue weighted by atomic mass is 10.1. The topological polar surface area (TPSA) is 81.8 Å². The van der Waals surface area contributed by atoms with E-state index in [0.29, 0.717) is 16.3 Å². The van der Waals surface area contributed by atoms with Gasteiger partial charge in [-0.1, -0.05) is 11.6 Å². The summed E-state index contributed by atoms with van der Waals surface area (Å²) in [5.74, 6) is -0.424. The molecule has 3 rings (SSSR count). The van der Waals surface area contributed by atoms with Crippen molar-refractivity contribution in [3.63, 3.8) is 0 Å². The molecule has 0 spiro atoms.